The molecule has 0 saturated carbocycles. The number of carbonyl (C=O) groups excluding carboxylic acids is 3. The number of benzene rings is 1. The van der Waals surface area contributed by atoms with Crippen LogP contribution in [0.3, 0.4) is 0 Å². The Kier molecular flexibility index (Phi) is 9.36. The summed E-state index contributed by atoms with van der Waals surface area (Å²) in [6.07, 6.45) is 0.649. The van der Waals surface area contributed by atoms with Gasteiger partial charge in [-0.3, -0.25) is 14.4 Å². The van der Waals surface area contributed by atoms with Crippen LogP contribution in [0.5, 0.6) is 0 Å². The highest BCUT2D eigenvalue weighted by molar-refractivity contribution is 5.95. The van der Waals surface area contributed by atoms with Gasteiger partial charge in [-0.05, 0) is 25.5 Å². The zero-order valence-corrected chi connectivity index (χ0v) is 16.0. The molecule has 7 nitrogen and oxygen atoms in total. The van der Waals surface area contributed by atoms with E-state index in [1.807, 2.05) is 19.1 Å². The maximum absolute atomic E-state index is 12.2. The third-order valence-corrected chi connectivity index (χ3v) is 3.70. The molecule has 0 radical (unpaired) electrons. The van der Waals surface area contributed by atoms with E-state index in [1.165, 1.54) is 4.90 Å². The van der Waals surface area contributed by atoms with E-state index < -0.39 is 0 Å². The van der Waals surface area contributed by atoms with Crippen molar-refractivity contribution in [1.82, 2.24) is 10.2 Å². The number of methoxy groups -OCH3 is 1. The van der Waals surface area contributed by atoms with Gasteiger partial charge in [0, 0.05) is 31.9 Å². The fourth-order valence-corrected chi connectivity index (χ4v) is 2.28. The summed E-state index contributed by atoms with van der Waals surface area (Å²) in [4.78, 5) is 37.7. The van der Waals surface area contributed by atoms with Crippen molar-refractivity contribution in [3.8, 4) is 0 Å². The van der Waals surface area contributed by atoms with Crippen molar-refractivity contribution in [3.63, 3.8) is 0 Å². The zero-order valence-electron chi connectivity index (χ0n) is 16.0. The highest BCUT2D eigenvalue weighted by Gasteiger charge is 2.19. The van der Waals surface area contributed by atoms with Gasteiger partial charge in [0.05, 0.1) is 13.1 Å². The molecule has 0 aliphatic carbocycles. The van der Waals surface area contributed by atoms with Gasteiger partial charge in [0.1, 0.15) is 0 Å². The number of carbonyl (C=O) groups is 3. The normalized spacial score (nSPS) is 10.5. The largest absolute Gasteiger partial charge is 0.385 e. The molecule has 7 heteroatoms. The number of nitrogens with one attached hydrogen (secondary N) is 2. The Labute approximate surface area is 155 Å². The molecular formula is C19H29N3O4. The summed E-state index contributed by atoms with van der Waals surface area (Å²) in [5, 5.41) is 5.26. The second kappa shape index (κ2) is 11.3. The average molecular weight is 363 g/mol. The molecule has 0 atom stereocenters. The van der Waals surface area contributed by atoms with Crippen molar-refractivity contribution in [3.05, 3.63) is 29.8 Å². The third-order valence-electron chi connectivity index (χ3n) is 3.70. The molecule has 3 amide bonds. The summed E-state index contributed by atoms with van der Waals surface area (Å²) >= 11 is 0. The van der Waals surface area contributed by atoms with Crippen LogP contribution in [0.1, 0.15) is 25.8 Å². The SMILES string of the molecule is COCCCN(CC(=O)NCC(=O)Nc1ccc(C)cc1)C(=O)C(C)C. The molecule has 0 aliphatic rings. The molecule has 144 valence electrons. The summed E-state index contributed by atoms with van der Waals surface area (Å²) < 4.78 is 4.99. The predicted molar refractivity (Wildman–Crippen MR) is 101 cm³/mol. The van der Waals surface area contributed by atoms with Crippen LogP contribution in [0.15, 0.2) is 24.3 Å². The topological polar surface area (TPSA) is 87.7 Å². The monoisotopic (exact) mass is 363 g/mol. The van der Waals surface area contributed by atoms with Crippen LogP contribution < -0.4 is 10.6 Å². The summed E-state index contributed by atoms with van der Waals surface area (Å²) in [6.45, 7) is 6.28. The maximum atomic E-state index is 12.2. The van der Waals surface area contributed by atoms with Gasteiger partial charge in [-0.2, -0.15) is 0 Å². The van der Waals surface area contributed by atoms with Gasteiger partial charge in [0.15, 0.2) is 0 Å². The molecular weight excluding hydrogens is 334 g/mol. The Hall–Kier alpha value is -2.41. The molecule has 0 spiro atoms. The smallest absolute Gasteiger partial charge is 0.243 e. The zero-order chi connectivity index (χ0) is 19.5. The first-order valence-electron chi connectivity index (χ1n) is 8.74. The Morgan fingerprint density at radius 1 is 1.12 bits per heavy atom. The molecule has 0 fully saturated rings. The highest BCUT2D eigenvalue weighted by Crippen LogP contribution is 2.08. The summed E-state index contributed by atoms with van der Waals surface area (Å²) in [5.74, 6) is -0.977. The van der Waals surface area contributed by atoms with Gasteiger partial charge in [-0.1, -0.05) is 31.5 Å². The molecule has 1 aromatic carbocycles. The number of anilines is 1. The first-order valence-corrected chi connectivity index (χ1v) is 8.74. The van der Waals surface area contributed by atoms with E-state index in [2.05, 4.69) is 10.6 Å². The van der Waals surface area contributed by atoms with Crippen LogP contribution in [-0.4, -0.2) is 56.0 Å². The van der Waals surface area contributed by atoms with Crippen LogP contribution in [0.4, 0.5) is 5.69 Å². The average Bonchev–Trinajstić information content (AvgIpc) is 2.60. The number of aryl methyl sites for hydroxylation is 1. The predicted octanol–water partition coefficient (Wildman–Crippen LogP) is 1.57. The van der Waals surface area contributed by atoms with Crippen LogP contribution in [0.2, 0.25) is 0 Å². The Balaban J connectivity index is 2.46. The minimum Gasteiger partial charge on any atom is -0.385 e. The van der Waals surface area contributed by atoms with Crippen molar-refractivity contribution in [1.29, 1.82) is 0 Å². The number of amides is 3. The summed E-state index contributed by atoms with van der Waals surface area (Å²) in [7, 11) is 1.59. The van der Waals surface area contributed by atoms with Crippen LogP contribution in [0, 0.1) is 12.8 Å². The van der Waals surface area contributed by atoms with E-state index in [0.717, 1.165) is 5.56 Å². The van der Waals surface area contributed by atoms with Crippen molar-refractivity contribution in [2.75, 3.05) is 38.7 Å². The van der Waals surface area contributed by atoms with E-state index in [9.17, 15) is 14.4 Å². The molecule has 0 aromatic heterocycles. The third kappa shape index (κ3) is 8.11. The van der Waals surface area contributed by atoms with E-state index in [4.69, 9.17) is 4.74 Å². The quantitative estimate of drug-likeness (QED) is 0.618. The molecule has 26 heavy (non-hydrogen) atoms. The Morgan fingerprint density at radius 3 is 2.35 bits per heavy atom. The molecule has 0 bridgehead atoms. The minimum atomic E-state index is -0.365. The van der Waals surface area contributed by atoms with Gasteiger partial charge < -0.3 is 20.3 Å². The number of hydrogen-bond donors (Lipinski definition) is 2. The molecule has 0 aliphatic heterocycles. The Morgan fingerprint density at radius 2 is 1.77 bits per heavy atom. The molecule has 0 heterocycles. The molecule has 2 N–H and O–H groups in total. The van der Waals surface area contributed by atoms with Crippen LogP contribution in [-0.2, 0) is 19.1 Å². The van der Waals surface area contributed by atoms with Gasteiger partial charge in [-0.25, -0.2) is 0 Å². The lowest BCUT2D eigenvalue weighted by atomic mass is 10.2. The highest BCUT2D eigenvalue weighted by atomic mass is 16.5. The number of rotatable bonds is 10. The number of ether oxygens (including phenoxy) is 1. The maximum Gasteiger partial charge on any atom is 0.243 e. The van der Waals surface area contributed by atoms with Crippen molar-refractivity contribution in [2.24, 2.45) is 5.92 Å². The van der Waals surface area contributed by atoms with Gasteiger partial charge in [-0.15, -0.1) is 0 Å². The molecule has 1 rings (SSSR count). The van der Waals surface area contributed by atoms with E-state index in [0.29, 0.717) is 25.3 Å². The molecule has 1 aromatic rings. The standard InChI is InChI=1S/C19H29N3O4/c1-14(2)19(25)22(10-5-11-26-4)13-18(24)20-12-17(23)21-16-8-6-15(3)7-9-16/h6-9,14H,5,10-13H2,1-4H3,(H,20,24)(H,21,23). The number of nitrogens with zero attached hydrogens (tertiary/aromatic N) is 1. The molecule has 0 saturated heterocycles. The van der Waals surface area contributed by atoms with Gasteiger partial charge >= 0.3 is 0 Å². The fraction of sp³-hybridized carbons (Fsp3) is 0.526. The van der Waals surface area contributed by atoms with Gasteiger partial charge in [0.2, 0.25) is 17.7 Å². The van der Waals surface area contributed by atoms with Crippen LogP contribution >= 0.6 is 0 Å². The van der Waals surface area contributed by atoms with Gasteiger partial charge in [0.25, 0.3) is 0 Å². The van der Waals surface area contributed by atoms with Crippen molar-refractivity contribution < 1.29 is 19.1 Å². The number of hydrogen-bond acceptors (Lipinski definition) is 4. The lowest BCUT2D eigenvalue weighted by molar-refractivity contribution is -0.138. The lowest BCUT2D eigenvalue weighted by Gasteiger charge is -2.24. The van der Waals surface area contributed by atoms with Crippen LogP contribution in [0.25, 0.3) is 0 Å². The lowest BCUT2D eigenvalue weighted by Crippen LogP contribution is -2.44. The first-order chi connectivity index (χ1) is 12.3. The minimum absolute atomic E-state index is 0.0709. The van der Waals surface area contributed by atoms with Crippen molar-refractivity contribution >= 4 is 23.4 Å². The van der Waals surface area contributed by atoms with E-state index in [-0.39, 0.29) is 36.7 Å². The summed E-state index contributed by atoms with van der Waals surface area (Å²) in [5.41, 5.74) is 1.77. The second-order valence-electron chi connectivity index (χ2n) is 6.45. The second-order valence-corrected chi connectivity index (χ2v) is 6.45. The first kappa shape index (κ1) is 21.6. The van der Waals surface area contributed by atoms with Crippen molar-refractivity contribution in [2.45, 2.75) is 27.2 Å². The summed E-state index contributed by atoms with van der Waals surface area (Å²) in [6, 6.07) is 7.38. The van der Waals surface area contributed by atoms with E-state index in [1.54, 1.807) is 33.1 Å². The Bertz CT molecular complexity index is 599. The fourth-order valence-electron chi connectivity index (χ4n) is 2.28. The van der Waals surface area contributed by atoms with E-state index >= 15 is 0 Å². The molecule has 0 unspecified atom stereocenters.